The Morgan fingerprint density at radius 2 is 1.75 bits per heavy atom. The molecule has 2 amide bonds. The van der Waals surface area contributed by atoms with Gasteiger partial charge < -0.3 is 9.47 Å². The van der Waals surface area contributed by atoms with Crippen LogP contribution in [0.4, 0.5) is 16.2 Å². The molecule has 4 atom stereocenters. The van der Waals surface area contributed by atoms with Crippen LogP contribution in [0.2, 0.25) is 0 Å². The van der Waals surface area contributed by atoms with Crippen molar-refractivity contribution in [1.29, 1.82) is 0 Å². The number of nitro groups is 1. The zero-order chi connectivity index (χ0) is 35.0. The molecule has 1 spiro atoms. The van der Waals surface area contributed by atoms with E-state index in [1.54, 1.807) is 39.5 Å². The van der Waals surface area contributed by atoms with Gasteiger partial charge in [-0.05, 0) is 97.9 Å². The zero-order valence-corrected chi connectivity index (χ0v) is 29.4. The molecule has 4 aliphatic rings. The number of ether oxygens (including phenoxy) is 2. The molecule has 0 saturated carbocycles. The standard InChI is InChI=1S/C35H44N4O8S/c1-22(2)21-23-11-9-19-35-29-26(23)12-8-13-27(29)37(30(40)28-14-10-20-36(28)32(41)47-33(3,4)5)31(35)46-34(6,7)39(35)48(44,45)25-17-15-24(16-18-25)38(42)43/h8,12-13,15-18,21,23,28,31H,9-11,14,19-20H2,1-7H3/t23-,28+,31+,35+/m1/s1. The van der Waals surface area contributed by atoms with Crippen LogP contribution in [0, 0.1) is 10.1 Å². The fourth-order valence-electron chi connectivity index (χ4n) is 8.13. The molecule has 6 rings (SSSR count). The third kappa shape index (κ3) is 5.39. The molecule has 0 bridgehead atoms. The van der Waals surface area contributed by atoms with Gasteiger partial charge in [0.25, 0.3) is 11.6 Å². The summed E-state index contributed by atoms with van der Waals surface area (Å²) >= 11 is 0. The molecule has 0 N–H and O–H groups in total. The topological polar surface area (TPSA) is 140 Å². The van der Waals surface area contributed by atoms with Crippen LogP contribution in [0.5, 0.6) is 0 Å². The fourth-order valence-corrected chi connectivity index (χ4v) is 10.1. The molecule has 48 heavy (non-hydrogen) atoms. The maximum atomic E-state index is 14.9. The van der Waals surface area contributed by atoms with E-state index in [9.17, 15) is 28.1 Å². The number of carbonyl (C=O) groups excluding carboxylic acids is 2. The molecule has 12 nitrogen and oxygen atoms in total. The van der Waals surface area contributed by atoms with Crippen LogP contribution in [0.3, 0.4) is 0 Å². The molecule has 2 aromatic rings. The summed E-state index contributed by atoms with van der Waals surface area (Å²) in [4.78, 5) is 41.9. The molecule has 0 aromatic heterocycles. The predicted molar refractivity (Wildman–Crippen MR) is 179 cm³/mol. The van der Waals surface area contributed by atoms with E-state index in [4.69, 9.17) is 9.47 Å². The Kier molecular flexibility index (Phi) is 8.28. The van der Waals surface area contributed by atoms with E-state index in [1.807, 2.05) is 32.0 Å². The minimum Gasteiger partial charge on any atom is -0.444 e. The van der Waals surface area contributed by atoms with Gasteiger partial charge in [0.1, 0.15) is 22.9 Å². The molecule has 3 aliphatic heterocycles. The van der Waals surface area contributed by atoms with Crippen molar-refractivity contribution in [2.75, 3.05) is 11.4 Å². The number of nitrogens with zero attached hydrogens (tertiary/aromatic N) is 4. The highest BCUT2D eigenvalue weighted by molar-refractivity contribution is 7.89. The normalized spacial score (nSPS) is 26.4. The number of sulfonamides is 1. The van der Waals surface area contributed by atoms with E-state index in [0.29, 0.717) is 37.9 Å². The lowest BCUT2D eigenvalue weighted by atomic mass is 9.83. The van der Waals surface area contributed by atoms with Gasteiger partial charge in [0.2, 0.25) is 10.0 Å². The van der Waals surface area contributed by atoms with E-state index in [2.05, 4.69) is 6.08 Å². The summed E-state index contributed by atoms with van der Waals surface area (Å²) in [5.41, 5.74) is -0.387. The number of hydrogen-bond donors (Lipinski definition) is 0. The first-order chi connectivity index (χ1) is 22.4. The number of amides is 2. The molecule has 258 valence electrons. The smallest absolute Gasteiger partial charge is 0.410 e. The molecule has 0 radical (unpaired) electrons. The van der Waals surface area contributed by atoms with E-state index < -0.39 is 50.2 Å². The average Bonchev–Trinajstić information content (AvgIpc) is 3.60. The van der Waals surface area contributed by atoms with Gasteiger partial charge in [-0.1, -0.05) is 30.2 Å². The van der Waals surface area contributed by atoms with E-state index in [0.717, 1.165) is 23.1 Å². The van der Waals surface area contributed by atoms with Crippen molar-refractivity contribution < 1.29 is 32.4 Å². The molecule has 3 heterocycles. The highest BCUT2D eigenvalue weighted by Crippen LogP contribution is 2.63. The summed E-state index contributed by atoms with van der Waals surface area (Å²) in [6.07, 6.45) is 3.40. The van der Waals surface area contributed by atoms with Crippen molar-refractivity contribution >= 4 is 33.4 Å². The van der Waals surface area contributed by atoms with Crippen LogP contribution in [-0.2, 0) is 29.8 Å². The maximum Gasteiger partial charge on any atom is 0.410 e. The molecule has 1 aliphatic carbocycles. The number of likely N-dealkylation sites (tertiary alicyclic amines) is 1. The van der Waals surface area contributed by atoms with Crippen LogP contribution in [0.25, 0.3) is 0 Å². The van der Waals surface area contributed by atoms with Crippen molar-refractivity contribution in [3.8, 4) is 0 Å². The Morgan fingerprint density at radius 3 is 2.38 bits per heavy atom. The third-order valence-corrected chi connectivity index (χ3v) is 11.8. The first-order valence-electron chi connectivity index (χ1n) is 16.5. The van der Waals surface area contributed by atoms with Crippen molar-refractivity contribution in [3.05, 3.63) is 75.4 Å². The molecule has 2 fully saturated rings. The van der Waals surface area contributed by atoms with Gasteiger partial charge in [0.15, 0.2) is 6.23 Å². The van der Waals surface area contributed by atoms with Crippen LogP contribution in [-0.4, -0.2) is 64.7 Å². The molecule has 2 aromatic carbocycles. The van der Waals surface area contributed by atoms with Gasteiger partial charge >= 0.3 is 6.09 Å². The summed E-state index contributed by atoms with van der Waals surface area (Å²) in [6.45, 7) is 13.1. The molecule has 2 saturated heterocycles. The minimum atomic E-state index is -4.36. The second-order valence-corrected chi connectivity index (χ2v) is 16.7. The number of non-ortho nitro benzene ring substituents is 1. The first-order valence-corrected chi connectivity index (χ1v) is 17.9. The molecule has 13 heteroatoms. The van der Waals surface area contributed by atoms with E-state index in [1.165, 1.54) is 33.5 Å². The van der Waals surface area contributed by atoms with Crippen LogP contribution < -0.4 is 4.90 Å². The highest BCUT2D eigenvalue weighted by atomic mass is 32.2. The van der Waals surface area contributed by atoms with Crippen LogP contribution in [0.15, 0.2) is 59.0 Å². The highest BCUT2D eigenvalue weighted by Gasteiger charge is 2.71. The van der Waals surface area contributed by atoms with E-state index in [-0.39, 0.29) is 22.4 Å². The SMILES string of the molecule is CC(C)=C[C@H]1CCC[C@]23c4c1cccc4N(C(=O)[C@@H]1CCCN1C(=O)OC(C)(C)C)[C@H]2OC(C)(C)N3S(=O)(=O)c1ccc([N+](=O)[O-])cc1. The quantitative estimate of drug-likeness (QED) is 0.197. The van der Waals surface area contributed by atoms with Gasteiger partial charge in [0.05, 0.1) is 15.5 Å². The second kappa shape index (κ2) is 11.7. The summed E-state index contributed by atoms with van der Waals surface area (Å²) in [7, 11) is -4.36. The van der Waals surface area contributed by atoms with Crippen molar-refractivity contribution in [2.24, 2.45) is 0 Å². The van der Waals surface area contributed by atoms with Crippen molar-refractivity contribution in [2.45, 2.75) is 121 Å². The van der Waals surface area contributed by atoms with Crippen molar-refractivity contribution in [3.63, 3.8) is 0 Å². The predicted octanol–water partition coefficient (Wildman–Crippen LogP) is 6.55. The third-order valence-electron chi connectivity index (χ3n) is 9.66. The Bertz CT molecular complexity index is 1800. The summed E-state index contributed by atoms with van der Waals surface area (Å²) in [6, 6.07) is 9.76. The number of hydrogen-bond acceptors (Lipinski definition) is 8. The Hall–Kier alpha value is -3.81. The Balaban J connectivity index is 1.55. The first kappa shape index (κ1) is 34.1. The van der Waals surface area contributed by atoms with E-state index >= 15 is 0 Å². The monoisotopic (exact) mass is 680 g/mol. The number of rotatable bonds is 5. The lowest BCUT2D eigenvalue weighted by Gasteiger charge is -2.40. The summed E-state index contributed by atoms with van der Waals surface area (Å²) in [5, 5.41) is 11.4. The van der Waals surface area contributed by atoms with Gasteiger partial charge in [-0.15, -0.1) is 0 Å². The number of benzene rings is 2. The molecular formula is C35H44N4O8S. The van der Waals surface area contributed by atoms with Crippen LogP contribution in [0.1, 0.15) is 97.6 Å². The molecule has 0 unspecified atom stereocenters. The van der Waals surface area contributed by atoms with Gasteiger partial charge in [-0.25, -0.2) is 13.2 Å². The lowest BCUT2D eigenvalue weighted by molar-refractivity contribution is -0.384. The number of anilines is 1. The fraction of sp³-hybridized carbons (Fsp3) is 0.543. The van der Waals surface area contributed by atoms with Gasteiger partial charge in [-0.3, -0.25) is 24.7 Å². The van der Waals surface area contributed by atoms with Crippen molar-refractivity contribution in [1.82, 2.24) is 9.21 Å². The number of carbonyl (C=O) groups is 2. The second-order valence-electron chi connectivity index (χ2n) is 14.9. The summed E-state index contributed by atoms with van der Waals surface area (Å²) < 4.78 is 43.5. The molecular weight excluding hydrogens is 636 g/mol. The summed E-state index contributed by atoms with van der Waals surface area (Å²) in [5.74, 6) is -0.384. The van der Waals surface area contributed by atoms with Gasteiger partial charge in [0, 0.05) is 30.2 Å². The largest absolute Gasteiger partial charge is 0.444 e. The Morgan fingerprint density at radius 1 is 1.06 bits per heavy atom. The van der Waals surface area contributed by atoms with Crippen LogP contribution >= 0.6 is 0 Å². The Labute approximate surface area is 281 Å². The zero-order valence-electron chi connectivity index (χ0n) is 28.6. The average molecular weight is 681 g/mol. The lowest BCUT2D eigenvalue weighted by Crippen LogP contribution is -2.57. The minimum absolute atomic E-state index is 0.0302. The number of allylic oxidation sites excluding steroid dienone is 2. The maximum absolute atomic E-state index is 14.9. The number of nitro benzene ring substituents is 1. The van der Waals surface area contributed by atoms with Gasteiger partial charge in [-0.2, -0.15) is 4.31 Å².